The van der Waals surface area contributed by atoms with E-state index in [0.717, 1.165) is 11.8 Å². The summed E-state index contributed by atoms with van der Waals surface area (Å²) in [6.07, 6.45) is 6.68. The van der Waals surface area contributed by atoms with Gasteiger partial charge in [0.2, 0.25) is 0 Å². The van der Waals surface area contributed by atoms with Crippen molar-refractivity contribution < 1.29 is 0 Å². The molecule has 2 fully saturated rings. The predicted octanol–water partition coefficient (Wildman–Crippen LogP) is 3.70. The van der Waals surface area contributed by atoms with Crippen molar-refractivity contribution in [2.24, 2.45) is 11.8 Å². The van der Waals surface area contributed by atoms with Gasteiger partial charge in [-0.3, -0.25) is 0 Å². The van der Waals surface area contributed by atoms with Gasteiger partial charge >= 0.3 is 0 Å². The minimum atomic E-state index is 0.921. The molecule has 0 heteroatoms. The van der Waals surface area contributed by atoms with Crippen molar-refractivity contribution in [2.75, 3.05) is 0 Å². The van der Waals surface area contributed by atoms with Gasteiger partial charge in [0.05, 0.1) is 0 Å². The molecular formula is C12H18. The van der Waals surface area contributed by atoms with E-state index in [-0.39, 0.29) is 0 Å². The molecule has 12 heavy (non-hydrogen) atoms. The van der Waals surface area contributed by atoms with Gasteiger partial charge in [0.25, 0.3) is 0 Å². The summed E-state index contributed by atoms with van der Waals surface area (Å²) >= 11 is 0. The smallest absolute Gasteiger partial charge is 0.0154 e. The van der Waals surface area contributed by atoms with Gasteiger partial charge in [0.15, 0.2) is 0 Å². The molecule has 2 atom stereocenters. The van der Waals surface area contributed by atoms with Crippen LogP contribution in [0.25, 0.3) is 0 Å². The number of hydrogen-bond acceptors (Lipinski definition) is 0. The summed E-state index contributed by atoms with van der Waals surface area (Å²) < 4.78 is 0. The third-order valence-electron chi connectivity index (χ3n) is 3.44. The Morgan fingerprint density at radius 1 is 1.25 bits per heavy atom. The molecule has 2 saturated carbocycles. The third-order valence-corrected chi connectivity index (χ3v) is 3.44. The first-order valence-electron chi connectivity index (χ1n) is 5.08. The van der Waals surface area contributed by atoms with E-state index in [1.807, 2.05) is 0 Å². The summed E-state index contributed by atoms with van der Waals surface area (Å²) in [5, 5.41) is 0. The average molecular weight is 162 g/mol. The molecule has 2 unspecified atom stereocenters. The summed E-state index contributed by atoms with van der Waals surface area (Å²) in [7, 11) is 0. The van der Waals surface area contributed by atoms with Gasteiger partial charge in [0, 0.05) is 0 Å². The van der Waals surface area contributed by atoms with Gasteiger partial charge in [-0.15, -0.1) is 0 Å². The van der Waals surface area contributed by atoms with Crippen molar-refractivity contribution in [3.63, 3.8) is 0 Å². The van der Waals surface area contributed by atoms with E-state index in [1.54, 1.807) is 16.7 Å². The Morgan fingerprint density at radius 2 is 1.92 bits per heavy atom. The fourth-order valence-electron chi connectivity index (χ4n) is 3.07. The van der Waals surface area contributed by atoms with Crippen molar-refractivity contribution in [1.82, 2.24) is 0 Å². The third kappa shape index (κ3) is 0.972. The standard InChI is InChI=1S/C12H18/c1-4-11-9-5-6-10(7-9)12(11)8(2)3/h4,9-10H,5-7H2,1-3H3. The van der Waals surface area contributed by atoms with Crippen molar-refractivity contribution in [3.8, 4) is 0 Å². The second-order valence-corrected chi connectivity index (χ2v) is 4.36. The Hall–Kier alpha value is -0.520. The van der Waals surface area contributed by atoms with Crippen molar-refractivity contribution in [2.45, 2.75) is 40.0 Å². The molecule has 66 valence electrons. The Balaban J connectivity index is 2.42. The molecule has 2 rings (SSSR count). The van der Waals surface area contributed by atoms with Gasteiger partial charge in [-0.2, -0.15) is 0 Å². The largest absolute Gasteiger partial charge is 0.0839 e. The molecule has 0 aliphatic heterocycles. The van der Waals surface area contributed by atoms with Crippen molar-refractivity contribution in [3.05, 3.63) is 22.8 Å². The molecule has 0 heterocycles. The number of hydrogen-bond donors (Lipinski definition) is 0. The highest BCUT2D eigenvalue weighted by Crippen LogP contribution is 2.52. The molecule has 0 aromatic heterocycles. The number of allylic oxidation sites excluding steroid dienone is 4. The molecule has 0 amide bonds. The Bertz CT molecular complexity index is 251. The first-order valence-corrected chi connectivity index (χ1v) is 5.08. The van der Waals surface area contributed by atoms with Gasteiger partial charge in [-0.1, -0.05) is 11.6 Å². The molecule has 0 spiro atoms. The normalized spacial score (nSPS) is 36.6. The van der Waals surface area contributed by atoms with E-state index in [4.69, 9.17) is 0 Å². The number of fused-ring (bicyclic) bond motifs is 2. The summed E-state index contributed by atoms with van der Waals surface area (Å²) in [6.45, 7) is 6.72. The first kappa shape index (κ1) is 8.10. The fraction of sp³-hybridized carbons (Fsp3) is 0.667. The number of rotatable bonds is 0. The minimum absolute atomic E-state index is 0.921. The highest BCUT2D eigenvalue weighted by atomic mass is 14.4. The second kappa shape index (κ2) is 2.76. The van der Waals surface area contributed by atoms with Crippen LogP contribution in [0.4, 0.5) is 0 Å². The topological polar surface area (TPSA) is 0 Å². The highest BCUT2D eigenvalue weighted by Gasteiger charge is 2.39. The molecule has 0 radical (unpaired) electrons. The van der Waals surface area contributed by atoms with E-state index in [1.165, 1.54) is 19.3 Å². The van der Waals surface area contributed by atoms with E-state index in [0.29, 0.717) is 0 Å². The Kier molecular flexibility index (Phi) is 1.86. The van der Waals surface area contributed by atoms with Crippen LogP contribution in [0.1, 0.15) is 40.0 Å². The molecular weight excluding hydrogens is 144 g/mol. The van der Waals surface area contributed by atoms with E-state index >= 15 is 0 Å². The molecule has 2 bridgehead atoms. The molecule has 0 aromatic carbocycles. The zero-order valence-corrected chi connectivity index (χ0v) is 8.35. The van der Waals surface area contributed by atoms with Gasteiger partial charge in [-0.05, 0) is 63.0 Å². The van der Waals surface area contributed by atoms with Crippen LogP contribution in [0.15, 0.2) is 22.8 Å². The molecule has 0 N–H and O–H groups in total. The van der Waals surface area contributed by atoms with E-state index in [2.05, 4.69) is 26.8 Å². The Labute approximate surface area is 75.4 Å². The maximum atomic E-state index is 2.34. The van der Waals surface area contributed by atoms with Crippen molar-refractivity contribution >= 4 is 0 Å². The lowest BCUT2D eigenvalue weighted by Crippen LogP contribution is -2.03. The van der Waals surface area contributed by atoms with E-state index in [9.17, 15) is 0 Å². The summed E-state index contributed by atoms with van der Waals surface area (Å²) in [6, 6.07) is 0. The van der Waals surface area contributed by atoms with Crippen LogP contribution in [0.5, 0.6) is 0 Å². The highest BCUT2D eigenvalue weighted by molar-refractivity contribution is 5.44. The molecule has 0 aromatic rings. The second-order valence-electron chi connectivity index (χ2n) is 4.36. The maximum absolute atomic E-state index is 2.34. The van der Waals surface area contributed by atoms with Gasteiger partial charge in [0.1, 0.15) is 0 Å². The van der Waals surface area contributed by atoms with Crippen LogP contribution in [0, 0.1) is 11.8 Å². The summed E-state index contributed by atoms with van der Waals surface area (Å²) in [5.74, 6) is 1.84. The lowest BCUT2D eigenvalue weighted by molar-refractivity contribution is 0.648. The van der Waals surface area contributed by atoms with Gasteiger partial charge in [-0.25, -0.2) is 0 Å². The van der Waals surface area contributed by atoms with Crippen molar-refractivity contribution in [1.29, 1.82) is 0 Å². The lowest BCUT2D eigenvalue weighted by Gasteiger charge is -2.18. The van der Waals surface area contributed by atoms with Crippen LogP contribution in [0.2, 0.25) is 0 Å². The molecule has 0 saturated heterocycles. The van der Waals surface area contributed by atoms with Crippen LogP contribution < -0.4 is 0 Å². The SMILES string of the molecule is CC=C1C(=C(C)C)C2CCC1C2. The summed E-state index contributed by atoms with van der Waals surface area (Å²) in [4.78, 5) is 0. The lowest BCUT2D eigenvalue weighted by atomic mass is 9.87. The van der Waals surface area contributed by atoms with Crippen LogP contribution in [0.3, 0.4) is 0 Å². The first-order chi connectivity index (χ1) is 5.74. The summed E-state index contributed by atoms with van der Waals surface area (Å²) in [5.41, 5.74) is 4.93. The minimum Gasteiger partial charge on any atom is -0.0839 e. The predicted molar refractivity (Wildman–Crippen MR) is 53.0 cm³/mol. The van der Waals surface area contributed by atoms with Crippen LogP contribution >= 0.6 is 0 Å². The zero-order valence-electron chi connectivity index (χ0n) is 8.35. The molecule has 0 nitrogen and oxygen atoms in total. The quantitative estimate of drug-likeness (QED) is 0.509. The average Bonchev–Trinajstić information content (AvgIpc) is 2.60. The maximum Gasteiger partial charge on any atom is -0.0154 e. The fourth-order valence-corrected chi connectivity index (χ4v) is 3.07. The molecule has 2 aliphatic rings. The Morgan fingerprint density at radius 3 is 2.42 bits per heavy atom. The van der Waals surface area contributed by atoms with Crippen LogP contribution in [-0.4, -0.2) is 0 Å². The van der Waals surface area contributed by atoms with E-state index < -0.39 is 0 Å². The zero-order chi connectivity index (χ0) is 8.72. The van der Waals surface area contributed by atoms with Crippen LogP contribution in [-0.2, 0) is 0 Å². The molecule has 2 aliphatic carbocycles. The monoisotopic (exact) mass is 162 g/mol. The van der Waals surface area contributed by atoms with Gasteiger partial charge < -0.3 is 0 Å².